The summed E-state index contributed by atoms with van der Waals surface area (Å²) in [5, 5.41) is 0. The monoisotopic (exact) mass is 928 g/mol. The zero-order valence-electron chi connectivity index (χ0n) is 36.4. The van der Waals surface area contributed by atoms with Gasteiger partial charge in [0.25, 0.3) is 0 Å². The Bertz CT molecular complexity index is 902. The number of hydrogen-bond acceptors (Lipinski definition) is 18. The van der Waals surface area contributed by atoms with Crippen LogP contribution in [-0.4, -0.2) is 193 Å². The first kappa shape index (κ1) is 56.7. The van der Waals surface area contributed by atoms with E-state index in [1.54, 1.807) is 99.3 Å². The molecule has 0 aromatic rings. The summed E-state index contributed by atoms with van der Waals surface area (Å²) in [6.07, 6.45) is 3.45. The average Bonchev–Trinajstić information content (AvgIpc) is 3.23. The predicted molar refractivity (Wildman–Crippen MR) is 233 cm³/mol. The minimum Gasteiger partial charge on any atom is -0.460 e. The Balaban J connectivity index is 4.93. The van der Waals surface area contributed by atoms with E-state index in [-0.39, 0.29) is 37.7 Å². The van der Waals surface area contributed by atoms with Crippen LogP contribution in [0.3, 0.4) is 0 Å². The molecule has 16 nitrogen and oxygen atoms in total. The molecule has 22 heteroatoms. The van der Waals surface area contributed by atoms with Crippen LogP contribution in [0.15, 0.2) is 0 Å². The Morgan fingerprint density at radius 2 is 0.667 bits per heavy atom. The number of ether oxygens (including phenoxy) is 3. The molecule has 0 spiro atoms. The number of esters is 3. The third kappa shape index (κ3) is 24.7. The van der Waals surface area contributed by atoms with Crippen LogP contribution >= 0.6 is 35.3 Å². The van der Waals surface area contributed by atoms with Gasteiger partial charge in [-0.1, -0.05) is 0 Å². The number of nitrogens with zero attached hydrogens (tertiary/aromatic N) is 1. The molecule has 0 aliphatic rings. The smallest absolute Gasteiger partial charge is 0.460 e. The van der Waals surface area contributed by atoms with E-state index in [1.807, 2.05) is 6.92 Å². The average molecular weight is 929 g/mol. The summed E-state index contributed by atoms with van der Waals surface area (Å²) >= 11 is 5.02. The largest absolute Gasteiger partial charge is 0.500 e. The molecule has 0 saturated carbocycles. The van der Waals surface area contributed by atoms with Crippen LogP contribution in [0.1, 0.15) is 45.4 Å². The van der Waals surface area contributed by atoms with E-state index in [0.29, 0.717) is 85.3 Å². The molecular formula is C35H74NO15S3Si3+. The highest BCUT2D eigenvalue weighted by molar-refractivity contribution is 7.99. The van der Waals surface area contributed by atoms with Crippen molar-refractivity contribution in [2.45, 2.75) is 63.6 Å². The highest BCUT2D eigenvalue weighted by Gasteiger charge is 2.38. The van der Waals surface area contributed by atoms with Gasteiger partial charge in [-0.15, -0.1) is 0 Å². The third-order valence-corrected chi connectivity index (χ3v) is 21.3. The van der Waals surface area contributed by atoms with E-state index >= 15 is 0 Å². The van der Waals surface area contributed by atoms with Crippen LogP contribution in [0.5, 0.6) is 0 Å². The molecule has 0 atom stereocenters. The van der Waals surface area contributed by atoms with E-state index in [2.05, 4.69) is 0 Å². The van der Waals surface area contributed by atoms with Crippen LogP contribution < -0.4 is 0 Å². The lowest BCUT2D eigenvalue weighted by molar-refractivity contribution is -0.926. The molecule has 0 aromatic heterocycles. The maximum Gasteiger partial charge on any atom is 0.500 e. The topological polar surface area (TPSA) is 162 Å². The van der Waals surface area contributed by atoms with Gasteiger partial charge in [0.1, 0.15) is 39.5 Å². The maximum atomic E-state index is 12.6. The SMILES string of the molecule is CC[N+](CCOC(=O)CCSCCC[Si](OC)(OC)OC)(CCOC(=O)CCSCCC[Si](OC)(OC)OC)CCOC(=O)CCSCCC[Si](OC)(OC)OC. The fraction of sp³-hybridized carbons (Fsp3) is 0.914. The second-order valence-corrected chi connectivity index (χ2v) is 25.7. The van der Waals surface area contributed by atoms with Crippen LogP contribution in [0.4, 0.5) is 0 Å². The Morgan fingerprint density at radius 1 is 0.421 bits per heavy atom. The van der Waals surface area contributed by atoms with Crippen molar-refractivity contribution in [3.05, 3.63) is 0 Å². The van der Waals surface area contributed by atoms with Crippen molar-refractivity contribution in [1.82, 2.24) is 0 Å². The molecule has 0 fully saturated rings. The van der Waals surface area contributed by atoms with Crippen molar-refractivity contribution in [3.63, 3.8) is 0 Å². The summed E-state index contributed by atoms with van der Waals surface area (Å²) in [4.78, 5) is 37.8. The van der Waals surface area contributed by atoms with E-state index < -0.39 is 26.4 Å². The van der Waals surface area contributed by atoms with Crippen LogP contribution in [0.25, 0.3) is 0 Å². The molecule has 0 saturated heterocycles. The number of carbonyl (C=O) groups excluding carboxylic acids is 3. The van der Waals surface area contributed by atoms with Gasteiger partial charge >= 0.3 is 44.3 Å². The van der Waals surface area contributed by atoms with Crippen molar-refractivity contribution in [2.75, 3.05) is 145 Å². The van der Waals surface area contributed by atoms with E-state index in [9.17, 15) is 14.4 Å². The molecule has 0 unspecified atom stereocenters. The van der Waals surface area contributed by atoms with Gasteiger partial charge in [-0.25, -0.2) is 0 Å². The highest BCUT2D eigenvalue weighted by Crippen LogP contribution is 2.20. The Hall–Kier alpha value is -0.289. The van der Waals surface area contributed by atoms with Gasteiger partial charge in [-0.05, 0) is 43.4 Å². The lowest BCUT2D eigenvalue weighted by atomic mass is 10.3. The molecule has 0 aromatic carbocycles. The number of carbonyl (C=O) groups is 3. The van der Waals surface area contributed by atoms with Crippen LogP contribution in [0, 0.1) is 0 Å². The minimum atomic E-state index is -2.59. The Labute approximate surface area is 359 Å². The summed E-state index contributed by atoms with van der Waals surface area (Å²) in [6.45, 7) is 4.81. The Morgan fingerprint density at radius 3 is 0.877 bits per heavy atom. The predicted octanol–water partition coefficient (Wildman–Crippen LogP) is 4.63. The van der Waals surface area contributed by atoms with E-state index in [4.69, 9.17) is 54.0 Å². The maximum absolute atomic E-state index is 12.6. The molecule has 0 rings (SSSR count). The van der Waals surface area contributed by atoms with Crippen molar-refractivity contribution in [3.8, 4) is 0 Å². The van der Waals surface area contributed by atoms with Gasteiger partial charge in [-0.2, -0.15) is 35.3 Å². The lowest BCUT2D eigenvalue weighted by Gasteiger charge is -2.37. The molecule has 0 amide bonds. The van der Waals surface area contributed by atoms with Gasteiger partial charge in [0.05, 0.1) is 25.8 Å². The molecule has 0 bridgehead atoms. The van der Waals surface area contributed by atoms with Gasteiger partial charge in [0, 0.05) is 99.4 Å². The molecular weight excluding hydrogens is 855 g/mol. The molecule has 0 N–H and O–H groups in total. The molecule has 0 aliphatic carbocycles. The fourth-order valence-corrected chi connectivity index (χ4v) is 14.2. The fourth-order valence-electron chi connectivity index (χ4n) is 5.70. The van der Waals surface area contributed by atoms with Crippen LogP contribution in [-0.2, 0) is 68.4 Å². The first-order chi connectivity index (χ1) is 27.4. The van der Waals surface area contributed by atoms with E-state index in [0.717, 1.165) is 36.5 Å². The number of rotatable bonds is 40. The third-order valence-electron chi connectivity index (χ3n) is 9.62. The molecule has 0 aliphatic heterocycles. The quantitative estimate of drug-likeness (QED) is 0.0275. The molecule has 57 heavy (non-hydrogen) atoms. The van der Waals surface area contributed by atoms with E-state index in [1.165, 1.54) is 0 Å². The van der Waals surface area contributed by atoms with Crippen molar-refractivity contribution >= 4 is 79.6 Å². The Kier molecular flexibility index (Phi) is 34.1. The minimum absolute atomic E-state index is 0.203. The van der Waals surface area contributed by atoms with Crippen molar-refractivity contribution in [2.24, 2.45) is 0 Å². The van der Waals surface area contributed by atoms with Gasteiger partial charge in [0.2, 0.25) is 0 Å². The number of likely N-dealkylation sites (N-methyl/N-ethyl adjacent to an activating group) is 1. The standard InChI is InChI=1S/C35H74NO15S3Si3/c1-11-36(18-21-49-33(37)15-27-52-24-12-30-55(40-2,41-3)42-4,19-22-50-34(38)16-28-53-25-13-31-56(43-5,44-6)45-7)20-23-51-35(39)17-29-54-26-14-32-57(46-8,47-9)48-10/h11-32H2,1-10H3/q+1. The summed E-state index contributed by atoms with van der Waals surface area (Å²) in [6, 6.07) is 2.12. The number of thioether (sulfide) groups is 3. The summed E-state index contributed by atoms with van der Waals surface area (Å²) in [5.41, 5.74) is 0. The lowest BCUT2D eigenvalue weighted by Crippen LogP contribution is -2.54. The highest BCUT2D eigenvalue weighted by atomic mass is 32.2. The molecule has 0 radical (unpaired) electrons. The van der Waals surface area contributed by atoms with Crippen LogP contribution in [0.2, 0.25) is 18.1 Å². The van der Waals surface area contributed by atoms with Gasteiger partial charge in [0.15, 0.2) is 0 Å². The zero-order valence-corrected chi connectivity index (χ0v) is 41.8. The summed E-state index contributed by atoms with van der Waals surface area (Å²) in [5.74, 6) is 3.67. The number of quaternary nitrogens is 1. The zero-order chi connectivity index (χ0) is 42.9. The number of hydrogen-bond donors (Lipinski definition) is 0. The first-order valence-corrected chi connectivity index (χ1v) is 28.7. The molecule has 0 heterocycles. The second kappa shape index (κ2) is 34.3. The summed E-state index contributed by atoms with van der Waals surface area (Å²) < 4.78 is 66.6. The molecule has 338 valence electrons. The summed E-state index contributed by atoms with van der Waals surface area (Å²) in [7, 11) is 6.63. The van der Waals surface area contributed by atoms with Crippen molar-refractivity contribution in [1.29, 1.82) is 0 Å². The van der Waals surface area contributed by atoms with Crippen molar-refractivity contribution < 1.29 is 72.9 Å². The normalized spacial score (nSPS) is 12.5. The van der Waals surface area contributed by atoms with Gasteiger partial charge in [-0.3, -0.25) is 14.4 Å². The van der Waals surface area contributed by atoms with Gasteiger partial charge < -0.3 is 58.5 Å². The second-order valence-electron chi connectivity index (χ2n) is 12.8. The first-order valence-electron chi connectivity index (χ1n) is 19.4.